The fraction of sp³-hybridized carbons (Fsp3) is 0.238. The molecule has 0 saturated carbocycles. The SMILES string of the molecule is CCOc1ccc(-c2nc(CS(=O)(=O)CC(=O)Nc3ccc(Cl)cc3)cs2)cc1OC. The zero-order chi connectivity index (χ0) is 22.4. The van der Waals surface area contributed by atoms with Crippen LogP contribution in [0.5, 0.6) is 11.5 Å². The first kappa shape index (κ1) is 23.1. The molecule has 0 saturated heterocycles. The van der Waals surface area contributed by atoms with Gasteiger partial charge in [0.1, 0.15) is 10.8 Å². The number of halogens is 1. The van der Waals surface area contributed by atoms with Gasteiger partial charge in [-0.05, 0) is 49.4 Å². The normalized spacial score (nSPS) is 11.2. The van der Waals surface area contributed by atoms with Gasteiger partial charge in [-0.15, -0.1) is 11.3 Å². The van der Waals surface area contributed by atoms with Gasteiger partial charge in [-0.3, -0.25) is 4.79 Å². The van der Waals surface area contributed by atoms with Crippen LogP contribution in [0.2, 0.25) is 5.02 Å². The van der Waals surface area contributed by atoms with E-state index in [-0.39, 0.29) is 5.75 Å². The van der Waals surface area contributed by atoms with Gasteiger partial charge in [0.15, 0.2) is 21.3 Å². The van der Waals surface area contributed by atoms with Gasteiger partial charge in [0.25, 0.3) is 0 Å². The Morgan fingerprint density at radius 2 is 1.90 bits per heavy atom. The minimum atomic E-state index is -3.70. The van der Waals surface area contributed by atoms with Crippen LogP contribution in [-0.4, -0.2) is 38.8 Å². The average molecular weight is 481 g/mol. The molecular formula is C21H21ClN2O5S2. The molecule has 0 aliphatic carbocycles. The van der Waals surface area contributed by atoms with E-state index >= 15 is 0 Å². The van der Waals surface area contributed by atoms with Crippen molar-refractivity contribution in [3.05, 3.63) is 58.6 Å². The van der Waals surface area contributed by atoms with Crippen LogP contribution in [0, 0.1) is 0 Å². The van der Waals surface area contributed by atoms with Gasteiger partial charge in [0.2, 0.25) is 5.91 Å². The Morgan fingerprint density at radius 1 is 1.16 bits per heavy atom. The van der Waals surface area contributed by atoms with E-state index in [1.165, 1.54) is 11.3 Å². The zero-order valence-electron chi connectivity index (χ0n) is 16.9. The van der Waals surface area contributed by atoms with E-state index in [1.807, 2.05) is 13.0 Å². The standard InChI is InChI=1S/C21H21ClN2O5S2/c1-3-29-18-9-4-14(10-19(18)28-2)21-24-17(11-30-21)12-31(26,27)13-20(25)23-16-7-5-15(22)6-8-16/h4-11H,3,12-13H2,1-2H3,(H,23,25). The number of thiazole rings is 1. The number of hydrogen-bond donors (Lipinski definition) is 1. The first-order chi connectivity index (χ1) is 14.8. The number of sulfone groups is 1. The number of amides is 1. The second-order valence-electron chi connectivity index (χ2n) is 6.53. The fourth-order valence-corrected chi connectivity index (χ4v) is 5.01. The van der Waals surface area contributed by atoms with Crippen LogP contribution in [0.25, 0.3) is 10.6 Å². The molecule has 1 heterocycles. The number of carbonyl (C=O) groups excluding carboxylic acids is 1. The van der Waals surface area contributed by atoms with E-state index in [0.29, 0.717) is 39.5 Å². The van der Waals surface area contributed by atoms with Crippen molar-refractivity contribution in [3.8, 4) is 22.1 Å². The molecule has 1 aromatic heterocycles. The number of anilines is 1. The summed E-state index contributed by atoms with van der Waals surface area (Å²) in [5.41, 5.74) is 1.64. The summed E-state index contributed by atoms with van der Waals surface area (Å²) in [4.78, 5) is 16.5. The van der Waals surface area contributed by atoms with Gasteiger partial charge >= 0.3 is 0 Å². The zero-order valence-corrected chi connectivity index (χ0v) is 19.3. The average Bonchev–Trinajstić information content (AvgIpc) is 3.17. The first-order valence-corrected chi connectivity index (χ1v) is 12.4. The molecule has 31 heavy (non-hydrogen) atoms. The van der Waals surface area contributed by atoms with Crippen LogP contribution in [-0.2, 0) is 20.4 Å². The van der Waals surface area contributed by atoms with E-state index in [9.17, 15) is 13.2 Å². The molecule has 10 heteroatoms. The van der Waals surface area contributed by atoms with Gasteiger partial charge in [0.05, 0.1) is 25.2 Å². The molecule has 7 nitrogen and oxygen atoms in total. The molecule has 0 aliphatic heterocycles. The molecule has 0 radical (unpaired) electrons. The maximum absolute atomic E-state index is 12.5. The predicted molar refractivity (Wildman–Crippen MR) is 123 cm³/mol. The van der Waals surface area contributed by atoms with Gasteiger partial charge in [-0.25, -0.2) is 13.4 Å². The van der Waals surface area contributed by atoms with Gasteiger partial charge in [0, 0.05) is 21.7 Å². The number of carbonyl (C=O) groups is 1. The molecule has 1 N–H and O–H groups in total. The lowest BCUT2D eigenvalue weighted by molar-refractivity contribution is -0.113. The highest BCUT2D eigenvalue weighted by atomic mass is 35.5. The quantitative estimate of drug-likeness (QED) is 0.487. The minimum absolute atomic E-state index is 0.328. The summed E-state index contributed by atoms with van der Waals surface area (Å²) in [7, 11) is -2.14. The summed E-state index contributed by atoms with van der Waals surface area (Å²) in [5, 5.41) is 5.40. The molecule has 0 aliphatic rings. The number of rotatable bonds is 9. The topological polar surface area (TPSA) is 94.6 Å². The van der Waals surface area contributed by atoms with Gasteiger partial charge in [-0.2, -0.15) is 0 Å². The molecule has 164 valence electrons. The fourth-order valence-electron chi connectivity index (χ4n) is 2.79. The van der Waals surface area contributed by atoms with Crippen molar-refractivity contribution in [3.63, 3.8) is 0 Å². The first-order valence-electron chi connectivity index (χ1n) is 9.31. The molecular weight excluding hydrogens is 460 g/mol. The molecule has 3 rings (SSSR count). The number of hydrogen-bond acceptors (Lipinski definition) is 7. The summed E-state index contributed by atoms with van der Waals surface area (Å²) >= 11 is 7.12. The number of ether oxygens (including phenoxy) is 2. The van der Waals surface area contributed by atoms with Gasteiger partial charge < -0.3 is 14.8 Å². The van der Waals surface area contributed by atoms with E-state index in [1.54, 1.807) is 48.9 Å². The molecule has 2 aromatic carbocycles. The number of methoxy groups -OCH3 is 1. The highest BCUT2D eigenvalue weighted by molar-refractivity contribution is 7.91. The van der Waals surface area contributed by atoms with Crippen LogP contribution < -0.4 is 14.8 Å². The van der Waals surface area contributed by atoms with Gasteiger partial charge in [-0.1, -0.05) is 11.6 Å². The van der Waals surface area contributed by atoms with E-state index in [2.05, 4.69) is 10.3 Å². The third kappa shape index (κ3) is 6.43. The summed E-state index contributed by atoms with van der Waals surface area (Å²) in [6.07, 6.45) is 0. The van der Waals surface area contributed by atoms with E-state index < -0.39 is 21.5 Å². The van der Waals surface area contributed by atoms with E-state index in [0.717, 1.165) is 5.56 Å². The molecule has 0 spiro atoms. The Kier molecular flexibility index (Phi) is 7.53. The smallest absolute Gasteiger partial charge is 0.239 e. The highest BCUT2D eigenvalue weighted by Crippen LogP contribution is 2.34. The molecule has 0 fully saturated rings. The lowest BCUT2D eigenvalue weighted by Crippen LogP contribution is -2.24. The summed E-state index contributed by atoms with van der Waals surface area (Å²) in [6.45, 7) is 2.40. The monoisotopic (exact) mass is 480 g/mol. The highest BCUT2D eigenvalue weighted by Gasteiger charge is 2.20. The van der Waals surface area contributed by atoms with Crippen LogP contribution in [0.3, 0.4) is 0 Å². The third-order valence-corrected chi connectivity index (χ3v) is 6.74. The summed E-state index contributed by atoms with van der Waals surface area (Å²) in [5.74, 6) is -0.387. The second-order valence-corrected chi connectivity index (χ2v) is 9.89. The number of benzene rings is 2. The van der Waals surface area contributed by atoms with E-state index in [4.69, 9.17) is 21.1 Å². The maximum Gasteiger partial charge on any atom is 0.239 e. The Bertz CT molecular complexity index is 1160. The van der Waals surface area contributed by atoms with Crippen molar-refractivity contribution in [2.24, 2.45) is 0 Å². The second kappa shape index (κ2) is 10.1. The Labute approximate surface area is 189 Å². The number of nitrogens with one attached hydrogen (secondary N) is 1. The third-order valence-electron chi connectivity index (χ3n) is 4.11. The van der Waals surface area contributed by atoms with Crippen LogP contribution in [0.15, 0.2) is 47.8 Å². The molecule has 1 amide bonds. The largest absolute Gasteiger partial charge is 0.493 e. The molecule has 3 aromatic rings. The van der Waals surface area contributed by atoms with Crippen molar-refractivity contribution in [2.45, 2.75) is 12.7 Å². The molecule has 0 atom stereocenters. The summed E-state index contributed by atoms with van der Waals surface area (Å²) < 4.78 is 35.8. The summed E-state index contributed by atoms with van der Waals surface area (Å²) in [6, 6.07) is 11.8. The van der Waals surface area contributed by atoms with Crippen molar-refractivity contribution in [1.82, 2.24) is 4.98 Å². The predicted octanol–water partition coefficient (Wildman–Crippen LogP) is 4.42. The Morgan fingerprint density at radius 3 is 2.58 bits per heavy atom. The Balaban J connectivity index is 1.66. The van der Waals surface area contributed by atoms with Crippen LogP contribution in [0.4, 0.5) is 5.69 Å². The lowest BCUT2D eigenvalue weighted by Gasteiger charge is -2.10. The minimum Gasteiger partial charge on any atom is -0.493 e. The van der Waals surface area contributed by atoms with Crippen molar-refractivity contribution < 1.29 is 22.7 Å². The van der Waals surface area contributed by atoms with Crippen molar-refractivity contribution in [2.75, 3.05) is 24.8 Å². The number of nitrogens with zero attached hydrogens (tertiary/aromatic N) is 1. The lowest BCUT2D eigenvalue weighted by atomic mass is 10.2. The number of aromatic nitrogens is 1. The van der Waals surface area contributed by atoms with Crippen LogP contribution in [0.1, 0.15) is 12.6 Å². The molecule has 0 unspecified atom stereocenters. The van der Waals surface area contributed by atoms with Crippen molar-refractivity contribution >= 4 is 44.4 Å². The van der Waals surface area contributed by atoms with Crippen LogP contribution >= 0.6 is 22.9 Å². The molecule has 0 bridgehead atoms. The Hall–Kier alpha value is -2.62. The van der Waals surface area contributed by atoms with Crippen molar-refractivity contribution in [1.29, 1.82) is 0 Å². The maximum atomic E-state index is 12.5.